The van der Waals surface area contributed by atoms with Crippen molar-refractivity contribution in [2.24, 2.45) is 0 Å². The van der Waals surface area contributed by atoms with Crippen molar-refractivity contribution in [1.82, 2.24) is 19.9 Å². The van der Waals surface area contributed by atoms with Gasteiger partial charge in [0.05, 0.1) is 43.9 Å². The minimum absolute atomic E-state index is 0.279. The van der Waals surface area contributed by atoms with Crippen LogP contribution < -0.4 is 15.5 Å². The fraction of sp³-hybridized carbons (Fsp3) is 0.556. The van der Waals surface area contributed by atoms with Gasteiger partial charge in [-0.3, -0.25) is 0 Å². The monoisotopic (exact) mass is 369 g/mol. The van der Waals surface area contributed by atoms with Gasteiger partial charge in [0.25, 0.3) is 0 Å². The summed E-state index contributed by atoms with van der Waals surface area (Å²) in [6.07, 6.45) is 2.65. The van der Waals surface area contributed by atoms with Crippen molar-refractivity contribution in [2.45, 2.75) is 19.4 Å². The summed E-state index contributed by atoms with van der Waals surface area (Å²) < 4.78 is 11.2. The third kappa shape index (κ3) is 2.87. The van der Waals surface area contributed by atoms with Crippen molar-refractivity contribution in [3.8, 4) is 11.3 Å². The number of aromatic nitrogens is 4. The van der Waals surface area contributed by atoms with E-state index in [1.807, 2.05) is 6.92 Å². The molecule has 5 heterocycles. The van der Waals surface area contributed by atoms with E-state index in [4.69, 9.17) is 25.2 Å². The third-order valence-corrected chi connectivity index (χ3v) is 5.46. The van der Waals surface area contributed by atoms with E-state index in [9.17, 15) is 0 Å². The van der Waals surface area contributed by atoms with E-state index in [0.717, 1.165) is 73.5 Å². The first-order valence-corrected chi connectivity index (χ1v) is 9.38. The number of hydrogen-bond acceptors (Lipinski definition) is 9. The molecule has 2 saturated heterocycles. The molecule has 0 radical (unpaired) electrons. The van der Waals surface area contributed by atoms with Crippen LogP contribution in [0.3, 0.4) is 0 Å². The summed E-state index contributed by atoms with van der Waals surface area (Å²) in [5, 5.41) is 0. The van der Waals surface area contributed by atoms with Crippen molar-refractivity contribution in [1.29, 1.82) is 0 Å². The maximum absolute atomic E-state index is 5.76. The molecule has 9 heteroatoms. The maximum atomic E-state index is 5.76. The molecule has 0 amide bonds. The predicted molar refractivity (Wildman–Crippen MR) is 101 cm³/mol. The number of nitrogen functional groups attached to an aromatic ring is 1. The number of hydrogen-bond donors (Lipinski definition) is 1. The van der Waals surface area contributed by atoms with Crippen molar-refractivity contribution in [3.63, 3.8) is 0 Å². The van der Waals surface area contributed by atoms with Crippen molar-refractivity contribution < 1.29 is 9.47 Å². The highest BCUT2D eigenvalue weighted by atomic mass is 16.5. The van der Waals surface area contributed by atoms with Crippen LogP contribution in [0.5, 0.6) is 0 Å². The van der Waals surface area contributed by atoms with Gasteiger partial charge in [-0.15, -0.1) is 0 Å². The Kier molecular flexibility index (Phi) is 4.05. The second-order valence-electron chi connectivity index (χ2n) is 7.13. The Balaban J connectivity index is 1.65. The summed E-state index contributed by atoms with van der Waals surface area (Å²) in [5.74, 6) is 2.04. The van der Waals surface area contributed by atoms with E-state index in [0.29, 0.717) is 19.3 Å². The number of morpholine rings is 2. The van der Waals surface area contributed by atoms with Gasteiger partial charge in [0.2, 0.25) is 11.9 Å². The van der Waals surface area contributed by atoms with Crippen LogP contribution in [0.15, 0.2) is 6.20 Å². The average molecular weight is 369 g/mol. The van der Waals surface area contributed by atoms with Gasteiger partial charge >= 0.3 is 0 Å². The lowest BCUT2D eigenvalue weighted by atomic mass is 10.0. The van der Waals surface area contributed by atoms with Crippen LogP contribution >= 0.6 is 0 Å². The molecule has 2 aromatic heterocycles. The fourth-order valence-electron chi connectivity index (χ4n) is 4.07. The summed E-state index contributed by atoms with van der Waals surface area (Å²) in [5.41, 5.74) is 9.57. The zero-order chi connectivity index (χ0) is 18.4. The van der Waals surface area contributed by atoms with Crippen molar-refractivity contribution in [3.05, 3.63) is 17.5 Å². The molecule has 0 aromatic carbocycles. The number of nitrogens with two attached hydrogens (primary N) is 1. The van der Waals surface area contributed by atoms with E-state index in [1.165, 1.54) is 0 Å². The summed E-state index contributed by atoms with van der Waals surface area (Å²) >= 11 is 0. The SMILES string of the molecule is Cc1nc(N)ncc1-c1nc(N2CCOCC2)nc2c1C[C@H]1COCCN21. The van der Waals surface area contributed by atoms with Gasteiger partial charge < -0.3 is 25.0 Å². The Morgan fingerprint density at radius 3 is 2.70 bits per heavy atom. The Morgan fingerprint density at radius 1 is 1.07 bits per heavy atom. The molecule has 0 spiro atoms. The number of fused-ring (bicyclic) bond motifs is 3. The lowest BCUT2D eigenvalue weighted by Crippen LogP contribution is -2.43. The number of rotatable bonds is 2. The molecule has 9 nitrogen and oxygen atoms in total. The number of ether oxygens (including phenoxy) is 2. The topological polar surface area (TPSA) is 103 Å². The molecule has 2 N–H and O–H groups in total. The van der Waals surface area contributed by atoms with Crippen LogP contribution in [0.25, 0.3) is 11.3 Å². The maximum Gasteiger partial charge on any atom is 0.228 e. The fourth-order valence-corrected chi connectivity index (χ4v) is 4.07. The molecule has 3 aliphatic heterocycles. The smallest absolute Gasteiger partial charge is 0.228 e. The normalized spacial score (nSPS) is 21.9. The molecule has 2 fully saturated rings. The van der Waals surface area contributed by atoms with Gasteiger partial charge in [-0.25, -0.2) is 15.0 Å². The summed E-state index contributed by atoms with van der Waals surface area (Å²) in [6.45, 7) is 7.23. The lowest BCUT2D eigenvalue weighted by molar-refractivity contribution is 0.0974. The van der Waals surface area contributed by atoms with Crippen molar-refractivity contribution >= 4 is 17.7 Å². The van der Waals surface area contributed by atoms with E-state index in [2.05, 4.69) is 19.8 Å². The molecule has 2 aromatic rings. The molecule has 27 heavy (non-hydrogen) atoms. The largest absolute Gasteiger partial charge is 0.378 e. The molecular weight excluding hydrogens is 346 g/mol. The van der Waals surface area contributed by atoms with E-state index in [1.54, 1.807) is 6.20 Å². The van der Waals surface area contributed by atoms with Crippen LogP contribution in [0, 0.1) is 6.92 Å². The number of anilines is 3. The van der Waals surface area contributed by atoms with Crippen LogP contribution in [0.4, 0.5) is 17.7 Å². The Bertz CT molecular complexity index is 869. The molecule has 142 valence electrons. The van der Waals surface area contributed by atoms with Crippen molar-refractivity contribution in [2.75, 3.05) is 61.6 Å². The zero-order valence-corrected chi connectivity index (χ0v) is 15.4. The first kappa shape index (κ1) is 16.6. The van der Waals surface area contributed by atoms with Crippen LogP contribution in [0.2, 0.25) is 0 Å². The Morgan fingerprint density at radius 2 is 1.89 bits per heavy atom. The lowest BCUT2D eigenvalue weighted by Gasteiger charge is -2.32. The quantitative estimate of drug-likeness (QED) is 0.807. The molecular formula is C18H23N7O2. The number of nitrogens with zero attached hydrogens (tertiary/aromatic N) is 6. The zero-order valence-electron chi connectivity index (χ0n) is 15.4. The predicted octanol–water partition coefficient (Wildman–Crippen LogP) is 0.422. The second kappa shape index (κ2) is 6.58. The highest BCUT2D eigenvalue weighted by Gasteiger charge is 2.37. The second-order valence-corrected chi connectivity index (χ2v) is 7.13. The molecule has 0 aliphatic carbocycles. The van der Waals surface area contributed by atoms with Crippen LogP contribution in [0.1, 0.15) is 11.3 Å². The summed E-state index contributed by atoms with van der Waals surface area (Å²) in [6, 6.07) is 0.316. The molecule has 0 bridgehead atoms. The Labute approximate surface area is 157 Å². The first-order chi connectivity index (χ1) is 13.2. The average Bonchev–Trinajstić information content (AvgIpc) is 3.07. The van der Waals surface area contributed by atoms with E-state index in [-0.39, 0.29) is 5.95 Å². The highest BCUT2D eigenvalue weighted by Crippen LogP contribution is 2.39. The van der Waals surface area contributed by atoms with Gasteiger partial charge in [-0.05, 0) is 6.92 Å². The van der Waals surface area contributed by atoms with E-state index < -0.39 is 0 Å². The third-order valence-electron chi connectivity index (χ3n) is 5.46. The van der Waals surface area contributed by atoms with Crippen LogP contribution in [-0.2, 0) is 15.9 Å². The van der Waals surface area contributed by atoms with Crippen LogP contribution in [-0.4, -0.2) is 72.0 Å². The van der Waals surface area contributed by atoms with E-state index >= 15 is 0 Å². The number of aryl methyl sites for hydroxylation is 1. The van der Waals surface area contributed by atoms with Gasteiger partial charge in [0.1, 0.15) is 5.82 Å². The molecule has 1 atom stereocenters. The summed E-state index contributed by atoms with van der Waals surface area (Å²) in [7, 11) is 0. The van der Waals surface area contributed by atoms with Gasteiger partial charge in [-0.1, -0.05) is 0 Å². The summed E-state index contributed by atoms with van der Waals surface area (Å²) in [4.78, 5) is 23.0. The molecule has 3 aliphatic rings. The minimum atomic E-state index is 0.279. The first-order valence-electron chi connectivity index (χ1n) is 9.38. The Hall–Kier alpha value is -2.52. The molecule has 5 rings (SSSR count). The van der Waals surface area contributed by atoms with Gasteiger partial charge in [-0.2, -0.15) is 4.98 Å². The van der Waals surface area contributed by atoms with Gasteiger partial charge in [0.15, 0.2) is 0 Å². The standard InChI is InChI=1S/C18H23N7O2/c1-11-14(9-20-17(19)21-11)15-13-8-12-10-27-7-4-25(12)16(13)23-18(22-15)24-2-5-26-6-3-24/h9,12H,2-8,10H2,1H3,(H2,19,20,21)/t12-/m0/s1. The molecule has 0 saturated carbocycles. The van der Waals surface area contributed by atoms with Gasteiger partial charge in [0, 0.05) is 43.4 Å². The molecule has 0 unspecified atom stereocenters. The highest BCUT2D eigenvalue weighted by molar-refractivity contribution is 5.74. The minimum Gasteiger partial charge on any atom is -0.378 e.